The molecule has 3 rings (SSSR count). The lowest BCUT2D eigenvalue weighted by Gasteiger charge is -2.38. The van der Waals surface area contributed by atoms with E-state index in [4.69, 9.17) is 0 Å². The number of hydrogen-bond acceptors (Lipinski definition) is 0. The Balaban J connectivity index is 1.58. The molecule has 0 aromatic heterocycles. The van der Waals surface area contributed by atoms with Crippen molar-refractivity contribution in [2.45, 2.75) is 90.9 Å². The molecule has 1 aromatic rings. The van der Waals surface area contributed by atoms with Crippen LogP contribution in [0.2, 0.25) is 0 Å². The van der Waals surface area contributed by atoms with Gasteiger partial charge in [0.2, 0.25) is 0 Å². The van der Waals surface area contributed by atoms with E-state index < -0.39 is 0 Å². The van der Waals surface area contributed by atoms with E-state index in [2.05, 4.69) is 45.5 Å². The summed E-state index contributed by atoms with van der Waals surface area (Å²) in [6.07, 6.45) is 14.3. The van der Waals surface area contributed by atoms with Gasteiger partial charge in [0.15, 0.2) is 0 Å². The third-order valence-corrected chi connectivity index (χ3v) is 7.35. The number of benzene rings is 1. The minimum absolute atomic E-state index is 0.799. The van der Waals surface area contributed by atoms with Gasteiger partial charge in [-0.15, -0.1) is 0 Å². The van der Waals surface area contributed by atoms with Crippen LogP contribution in [0, 0.1) is 17.8 Å². The molecular formula is C25H38. The molecule has 0 spiro atoms. The summed E-state index contributed by atoms with van der Waals surface area (Å²) >= 11 is 0. The van der Waals surface area contributed by atoms with Crippen molar-refractivity contribution in [1.82, 2.24) is 0 Å². The van der Waals surface area contributed by atoms with Crippen LogP contribution < -0.4 is 0 Å². The third-order valence-electron chi connectivity index (χ3n) is 7.35. The first kappa shape index (κ1) is 18.7. The van der Waals surface area contributed by atoms with Gasteiger partial charge in [0.25, 0.3) is 0 Å². The normalized spacial score (nSPS) is 30.2. The van der Waals surface area contributed by atoms with Crippen molar-refractivity contribution in [1.29, 1.82) is 0 Å². The highest BCUT2D eigenvalue weighted by molar-refractivity contribution is 5.65. The van der Waals surface area contributed by atoms with Gasteiger partial charge in [0.1, 0.15) is 0 Å². The zero-order valence-electron chi connectivity index (χ0n) is 16.8. The Morgan fingerprint density at radius 3 is 2.04 bits per heavy atom. The van der Waals surface area contributed by atoms with E-state index in [9.17, 15) is 0 Å². The molecule has 2 fully saturated rings. The van der Waals surface area contributed by atoms with Gasteiger partial charge in [-0.3, -0.25) is 0 Å². The SMILES string of the molecule is C=C(C)c1ccc(C2CCC(C3CCC(CC)CC3)CC2)cc1CC. The van der Waals surface area contributed by atoms with E-state index in [0.29, 0.717) is 0 Å². The predicted molar refractivity (Wildman–Crippen MR) is 111 cm³/mol. The summed E-state index contributed by atoms with van der Waals surface area (Å²) in [5.41, 5.74) is 5.66. The Kier molecular flexibility index (Phi) is 6.42. The Bertz CT molecular complexity index is 566. The maximum Gasteiger partial charge on any atom is -0.0162 e. The molecule has 0 saturated heterocycles. The molecule has 0 unspecified atom stereocenters. The molecule has 1 aromatic carbocycles. The highest BCUT2D eigenvalue weighted by atomic mass is 14.4. The molecule has 0 bridgehead atoms. The second-order valence-electron chi connectivity index (χ2n) is 8.85. The lowest BCUT2D eigenvalue weighted by Crippen LogP contribution is -2.25. The molecule has 2 aliphatic carbocycles. The summed E-state index contributed by atoms with van der Waals surface area (Å²) < 4.78 is 0. The summed E-state index contributed by atoms with van der Waals surface area (Å²) in [4.78, 5) is 0. The summed E-state index contributed by atoms with van der Waals surface area (Å²) in [6.45, 7) is 10.9. The molecule has 0 radical (unpaired) electrons. The summed E-state index contributed by atoms with van der Waals surface area (Å²) in [5.74, 6) is 3.90. The minimum Gasteiger partial charge on any atom is -0.0955 e. The molecule has 0 N–H and O–H groups in total. The Morgan fingerprint density at radius 2 is 1.52 bits per heavy atom. The number of rotatable bonds is 5. The lowest BCUT2D eigenvalue weighted by molar-refractivity contribution is 0.158. The van der Waals surface area contributed by atoms with Gasteiger partial charge in [-0.05, 0) is 92.2 Å². The van der Waals surface area contributed by atoms with E-state index in [-0.39, 0.29) is 0 Å². The zero-order chi connectivity index (χ0) is 17.8. The molecular weight excluding hydrogens is 300 g/mol. The standard InChI is InChI=1S/C25H38/c1-5-19-7-9-21(10-8-19)22-11-13-23(14-12-22)24-15-16-25(18(3)4)20(6-2)17-24/h15-17,19,21-23H,3,5-14H2,1-2,4H3. The van der Waals surface area contributed by atoms with Crippen molar-refractivity contribution in [2.24, 2.45) is 17.8 Å². The molecule has 25 heavy (non-hydrogen) atoms. The second kappa shape index (κ2) is 8.56. The van der Waals surface area contributed by atoms with Crippen molar-refractivity contribution in [2.75, 3.05) is 0 Å². The molecule has 0 heteroatoms. The van der Waals surface area contributed by atoms with Gasteiger partial charge in [-0.25, -0.2) is 0 Å². The molecule has 0 atom stereocenters. The highest BCUT2D eigenvalue weighted by Gasteiger charge is 2.31. The average molecular weight is 339 g/mol. The van der Waals surface area contributed by atoms with Gasteiger partial charge in [-0.2, -0.15) is 0 Å². The van der Waals surface area contributed by atoms with Crippen LogP contribution in [0.5, 0.6) is 0 Å². The number of allylic oxidation sites excluding steroid dienone is 1. The van der Waals surface area contributed by atoms with Crippen LogP contribution in [0.25, 0.3) is 5.57 Å². The first-order valence-corrected chi connectivity index (χ1v) is 10.9. The summed E-state index contributed by atoms with van der Waals surface area (Å²) in [6, 6.07) is 7.21. The quantitative estimate of drug-likeness (QED) is 0.514. The monoisotopic (exact) mass is 338 g/mol. The smallest absolute Gasteiger partial charge is 0.0162 e. The maximum atomic E-state index is 4.15. The number of aryl methyl sites for hydroxylation is 1. The molecule has 138 valence electrons. The van der Waals surface area contributed by atoms with Crippen molar-refractivity contribution in [3.05, 3.63) is 41.5 Å². The van der Waals surface area contributed by atoms with E-state index in [1.807, 2.05) is 0 Å². The molecule has 2 aliphatic rings. The Hall–Kier alpha value is -1.04. The number of hydrogen-bond donors (Lipinski definition) is 0. The van der Waals surface area contributed by atoms with Crippen LogP contribution in [-0.4, -0.2) is 0 Å². The first-order chi connectivity index (χ1) is 12.1. The van der Waals surface area contributed by atoms with E-state index in [1.54, 1.807) is 5.56 Å². The van der Waals surface area contributed by atoms with E-state index in [1.165, 1.54) is 74.5 Å². The molecule has 0 nitrogen and oxygen atoms in total. The van der Waals surface area contributed by atoms with Crippen molar-refractivity contribution >= 4 is 5.57 Å². The predicted octanol–water partition coefficient (Wildman–Crippen LogP) is 7.77. The van der Waals surface area contributed by atoms with Gasteiger partial charge < -0.3 is 0 Å². The molecule has 0 amide bonds. The zero-order valence-corrected chi connectivity index (χ0v) is 16.8. The topological polar surface area (TPSA) is 0 Å². The van der Waals surface area contributed by atoms with Crippen molar-refractivity contribution in [3.8, 4) is 0 Å². The van der Waals surface area contributed by atoms with Gasteiger partial charge in [-0.1, -0.05) is 63.5 Å². The fourth-order valence-corrected chi connectivity index (χ4v) is 5.57. The average Bonchev–Trinajstić information content (AvgIpc) is 2.67. The van der Waals surface area contributed by atoms with Gasteiger partial charge >= 0.3 is 0 Å². The molecule has 2 saturated carbocycles. The van der Waals surface area contributed by atoms with Gasteiger partial charge in [0.05, 0.1) is 0 Å². The second-order valence-corrected chi connectivity index (χ2v) is 8.85. The third kappa shape index (κ3) is 4.39. The van der Waals surface area contributed by atoms with Gasteiger partial charge in [0, 0.05) is 0 Å². The van der Waals surface area contributed by atoms with Crippen LogP contribution in [-0.2, 0) is 6.42 Å². The van der Waals surface area contributed by atoms with Crippen LogP contribution in [0.4, 0.5) is 0 Å². The maximum absolute atomic E-state index is 4.15. The Labute approximate surface area is 156 Å². The van der Waals surface area contributed by atoms with E-state index in [0.717, 1.165) is 30.1 Å². The van der Waals surface area contributed by atoms with Crippen LogP contribution in [0.15, 0.2) is 24.8 Å². The summed E-state index contributed by atoms with van der Waals surface area (Å²) in [5, 5.41) is 0. The highest BCUT2D eigenvalue weighted by Crippen LogP contribution is 2.44. The lowest BCUT2D eigenvalue weighted by atomic mass is 9.68. The van der Waals surface area contributed by atoms with Crippen LogP contribution >= 0.6 is 0 Å². The van der Waals surface area contributed by atoms with Crippen LogP contribution in [0.1, 0.15) is 101 Å². The fourth-order valence-electron chi connectivity index (χ4n) is 5.57. The fraction of sp³-hybridized carbons (Fsp3) is 0.680. The minimum atomic E-state index is 0.799. The van der Waals surface area contributed by atoms with E-state index >= 15 is 0 Å². The Morgan fingerprint density at radius 1 is 0.920 bits per heavy atom. The largest absolute Gasteiger partial charge is 0.0955 e. The van der Waals surface area contributed by atoms with Crippen LogP contribution in [0.3, 0.4) is 0 Å². The first-order valence-electron chi connectivity index (χ1n) is 10.9. The molecule has 0 heterocycles. The van der Waals surface area contributed by atoms with Crippen molar-refractivity contribution in [3.63, 3.8) is 0 Å². The summed E-state index contributed by atoms with van der Waals surface area (Å²) in [7, 11) is 0. The van der Waals surface area contributed by atoms with Crippen molar-refractivity contribution < 1.29 is 0 Å². The molecule has 0 aliphatic heterocycles.